The summed E-state index contributed by atoms with van der Waals surface area (Å²) in [4.78, 5) is 39.7. The van der Waals surface area contributed by atoms with E-state index in [1.165, 1.54) is 0 Å². The van der Waals surface area contributed by atoms with Crippen LogP contribution in [-0.4, -0.2) is 20.6 Å². The minimum Gasteiger partial charge on any atom is -0.338 e. The lowest BCUT2D eigenvalue weighted by Gasteiger charge is -2.12. The van der Waals surface area contributed by atoms with Gasteiger partial charge in [-0.05, 0) is 11.6 Å². The molecule has 0 bridgehead atoms. The number of H-pyrrole nitrogens is 1. The van der Waals surface area contributed by atoms with Crippen LogP contribution in [0.5, 0.6) is 0 Å². The minimum absolute atomic E-state index is 0.0640. The van der Waals surface area contributed by atoms with E-state index in [4.69, 9.17) is 16.1 Å². The quantitative estimate of drug-likeness (QED) is 0.697. The number of nitrogens with one attached hydrogen (secondary N) is 2. The average molecular weight is 403 g/mol. The lowest BCUT2D eigenvalue weighted by molar-refractivity contribution is 0.102. The molecule has 9 heteroatoms. The summed E-state index contributed by atoms with van der Waals surface area (Å²) < 4.78 is 6.02. The highest BCUT2D eigenvalue weighted by atomic mass is 35.5. The van der Waals surface area contributed by atoms with Gasteiger partial charge in [0.2, 0.25) is 5.88 Å². The summed E-state index contributed by atoms with van der Waals surface area (Å²) in [6.07, 6.45) is 1.07. The van der Waals surface area contributed by atoms with Crippen LogP contribution >= 0.6 is 11.6 Å². The van der Waals surface area contributed by atoms with Crippen molar-refractivity contribution in [2.24, 2.45) is 0 Å². The van der Waals surface area contributed by atoms with E-state index in [9.17, 15) is 14.4 Å². The van der Waals surface area contributed by atoms with Crippen molar-refractivity contribution in [3.63, 3.8) is 0 Å². The molecule has 2 aromatic heterocycles. The van der Waals surface area contributed by atoms with Gasteiger partial charge in [0.25, 0.3) is 11.5 Å². The first-order valence-corrected chi connectivity index (χ1v) is 8.89. The Hall–Kier alpha value is -3.13. The molecule has 0 saturated heterocycles. The number of carbonyl (C=O) groups is 1. The highest BCUT2D eigenvalue weighted by Gasteiger charge is 2.21. The molecule has 0 saturated carbocycles. The van der Waals surface area contributed by atoms with E-state index >= 15 is 0 Å². The van der Waals surface area contributed by atoms with Crippen molar-refractivity contribution in [2.75, 3.05) is 5.32 Å². The molecule has 0 atom stereocenters. The number of aromatic amines is 1. The number of aromatic nitrogens is 3. The summed E-state index contributed by atoms with van der Waals surface area (Å²) in [6.45, 7) is 5.79. The highest BCUT2D eigenvalue weighted by molar-refractivity contribution is 6.31. The summed E-state index contributed by atoms with van der Waals surface area (Å²) in [7, 11) is 0. The van der Waals surface area contributed by atoms with Gasteiger partial charge in [-0.1, -0.05) is 55.7 Å². The number of amides is 1. The van der Waals surface area contributed by atoms with Gasteiger partial charge >= 0.3 is 5.69 Å². The molecule has 146 valence electrons. The van der Waals surface area contributed by atoms with Gasteiger partial charge in [-0.2, -0.15) is 0 Å². The second kappa shape index (κ2) is 7.47. The molecule has 0 radical (unpaired) electrons. The van der Waals surface area contributed by atoms with Crippen molar-refractivity contribution in [1.29, 1.82) is 0 Å². The maximum Gasteiger partial charge on any atom is 0.328 e. The molecule has 3 aromatic rings. The number of anilines is 1. The Kier molecular flexibility index (Phi) is 5.24. The predicted molar refractivity (Wildman–Crippen MR) is 105 cm³/mol. The van der Waals surface area contributed by atoms with E-state index in [0.29, 0.717) is 16.3 Å². The van der Waals surface area contributed by atoms with Gasteiger partial charge in [0.15, 0.2) is 0 Å². The molecule has 2 N–H and O–H groups in total. The molecule has 2 heterocycles. The number of nitrogens with zero attached hydrogens (tertiary/aromatic N) is 2. The normalized spacial score (nSPS) is 11.4. The third kappa shape index (κ3) is 4.07. The van der Waals surface area contributed by atoms with Crippen LogP contribution in [0.3, 0.4) is 0 Å². The number of carbonyl (C=O) groups excluding carboxylic acids is 1. The molecule has 0 unspecified atom stereocenters. The van der Waals surface area contributed by atoms with Gasteiger partial charge in [0, 0.05) is 22.7 Å². The minimum atomic E-state index is -0.739. The lowest BCUT2D eigenvalue weighted by Crippen LogP contribution is -2.39. The standard InChI is InChI=1S/C19H19ClN4O4/c1-19(2,3)14-8-15(28-23-14)22-16(25)12-9-21-18(27)24(17(12)26)10-11-6-4-5-7-13(11)20/h4-9H,10H2,1-3H3,(H,21,27)(H,22,25). The van der Waals surface area contributed by atoms with Gasteiger partial charge in [0.1, 0.15) is 5.56 Å². The number of halogens is 1. The summed E-state index contributed by atoms with van der Waals surface area (Å²) in [5.74, 6) is -0.607. The largest absolute Gasteiger partial charge is 0.338 e. The molecule has 1 aromatic carbocycles. The molecule has 1 amide bonds. The second-order valence-corrected chi connectivity index (χ2v) is 7.68. The van der Waals surface area contributed by atoms with E-state index in [2.05, 4.69) is 15.5 Å². The van der Waals surface area contributed by atoms with Crippen molar-refractivity contribution < 1.29 is 9.32 Å². The Morgan fingerprint density at radius 2 is 2.00 bits per heavy atom. The molecule has 8 nitrogen and oxygen atoms in total. The summed E-state index contributed by atoms with van der Waals surface area (Å²) >= 11 is 6.10. The maximum atomic E-state index is 12.7. The van der Waals surface area contributed by atoms with E-state index in [-0.39, 0.29) is 23.4 Å². The van der Waals surface area contributed by atoms with Gasteiger partial charge < -0.3 is 9.51 Å². The fourth-order valence-corrected chi connectivity index (χ4v) is 2.68. The van der Waals surface area contributed by atoms with Crippen molar-refractivity contribution in [1.82, 2.24) is 14.7 Å². The first kappa shape index (κ1) is 19.6. The van der Waals surface area contributed by atoms with Crippen LogP contribution in [0.2, 0.25) is 5.02 Å². The van der Waals surface area contributed by atoms with Crippen molar-refractivity contribution >= 4 is 23.4 Å². The Labute approximate surface area is 165 Å². The van der Waals surface area contributed by atoms with Crippen molar-refractivity contribution in [3.05, 3.63) is 79.2 Å². The number of hydrogen-bond donors (Lipinski definition) is 2. The summed E-state index contributed by atoms with van der Waals surface area (Å²) in [6, 6.07) is 8.43. The number of rotatable bonds is 4. The molecule has 28 heavy (non-hydrogen) atoms. The van der Waals surface area contributed by atoms with Crippen LogP contribution in [0, 0.1) is 0 Å². The molecular formula is C19H19ClN4O4. The SMILES string of the molecule is CC(C)(C)c1cc(NC(=O)c2c[nH]c(=O)n(Cc3ccccc3Cl)c2=O)on1. The van der Waals surface area contributed by atoms with Crippen LogP contribution in [0.1, 0.15) is 42.4 Å². The molecule has 0 spiro atoms. The molecule has 0 aliphatic rings. The van der Waals surface area contributed by atoms with Crippen LogP contribution in [0.25, 0.3) is 0 Å². The fraction of sp³-hybridized carbons (Fsp3) is 0.263. The summed E-state index contributed by atoms with van der Waals surface area (Å²) in [5.41, 5.74) is -0.639. The molecule has 0 aliphatic heterocycles. The number of benzene rings is 1. The zero-order valence-electron chi connectivity index (χ0n) is 15.6. The Balaban J connectivity index is 1.89. The molecular weight excluding hydrogens is 384 g/mol. The second-order valence-electron chi connectivity index (χ2n) is 7.27. The molecule has 3 rings (SSSR count). The van der Waals surface area contributed by atoms with Crippen LogP contribution < -0.4 is 16.6 Å². The predicted octanol–water partition coefficient (Wildman–Crippen LogP) is 2.78. The van der Waals surface area contributed by atoms with Gasteiger partial charge in [-0.25, -0.2) is 4.79 Å². The fourth-order valence-electron chi connectivity index (χ4n) is 2.48. The third-order valence-electron chi connectivity index (χ3n) is 4.11. The Bertz CT molecular complexity index is 1140. The monoisotopic (exact) mass is 402 g/mol. The van der Waals surface area contributed by atoms with Crippen molar-refractivity contribution in [3.8, 4) is 0 Å². The topological polar surface area (TPSA) is 110 Å². The highest BCUT2D eigenvalue weighted by Crippen LogP contribution is 2.23. The summed E-state index contributed by atoms with van der Waals surface area (Å²) in [5, 5.41) is 6.81. The molecule has 0 aliphatic carbocycles. The van der Waals surface area contributed by atoms with Crippen LogP contribution in [0.4, 0.5) is 5.88 Å². The van der Waals surface area contributed by atoms with E-state index < -0.39 is 17.2 Å². The Morgan fingerprint density at radius 1 is 1.29 bits per heavy atom. The van der Waals surface area contributed by atoms with Gasteiger partial charge in [0.05, 0.1) is 12.2 Å². The van der Waals surface area contributed by atoms with E-state index in [0.717, 1.165) is 10.8 Å². The first-order chi connectivity index (χ1) is 13.2. The lowest BCUT2D eigenvalue weighted by atomic mass is 9.92. The van der Waals surface area contributed by atoms with Crippen LogP contribution in [-0.2, 0) is 12.0 Å². The molecule has 0 fully saturated rings. The number of hydrogen-bond acceptors (Lipinski definition) is 5. The van der Waals surface area contributed by atoms with Gasteiger partial charge in [-0.3, -0.25) is 19.5 Å². The third-order valence-corrected chi connectivity index (χ3v) is 4.48. The maximum absolute atomic E-state index is 12.7. The zero-order chi connectivity index (χ0) is 20.5. The first-order valence-electron chi connectivity index (χ1n) is 8.51. The zero-order valence-corrected chi connectivity index (χ0v) is 16.3. The van der Waals surface area contributed by atoms with E-state index in [1.807, 2.05) is 20.8 Å². The van der Waals surface area contributed by atoms with Crippen LogP contribution in [0.15, 0.2) is 50.6 Å². The smallest absolute Gasteiger partial charge is 0.328 e. The Morgan fingerprint density at radius 3 is 2.64 bits per heavy atom. The van der Waals surface area contributed by atoms with E-state index in [1.54, 1.807) is 30.3 Å². The average Bonchev–Trinajstić information content (AvgIpc) is 3.09. The van der Waals surface area contributed by atoms with Crippen molar-refractivity contribution in [2.45, 2.75) is 32.7 Å². The van der Waals surface area contributed by atoms with Gasteiger partial charge in [-0.15, -0.1) is 0 Å².